The monoisotopic (exact) mass is 341 g/mol. The van der Waals surface area contributed by atoms with Gasteiger partial charge in [-0.1, -0.05) is 44.2 Å². The Kier molecular flexibility index (Phi) is 6.54. The molecule has 2 amide bonds. The Balaban J connectivity index is 2.19. The zero-order valence-corrected chi connectivity index (χ0v) is 14.3. The molecule has 0 radical (unpaired) electrons. The number of hydrogen-bond donors (Lipinski definition) is 4. The normalized spacial score (nSPS) is 11.7. The fourth-order valence-corrected chi connectivity index (χ4v) is 2.48. The van der Waals surface area contributed by atoms with Crippen molar-refractivity contribution in [3.05, 3.63) is 60.2 Å². The molecular weight excluding hydrogens is 318 g/mol. The predicted octanol–water partition coefficient (Wildman–Crippen LogP) is 3.08. The van der Waals surface area contributed by atoms with E-state index in [1.54, 1.807) is 23.7 Å². The van der Waals surface area contributed by atoms with E-state index < -0.39 is 11.9 Å². The van der Waals surface area contributed by atoms with Gasteiger partial charge in [0.25, 0.3) is 11.8 Å². The summed E-state index contributed by atoms with van der Waals surface area (Å²) in [6.45, 7) is 3.88. The summed E-state index contributed by atoms with van der Waals surface area (Å²) in [6, 6.07) is 15.8. The van der Waals surface area contributed by atoms with Crippen LogP contribution in [0.3, 0.4) is 0 Å². The third kappa shape index (κ3) is 5.32. The van der Waals surface area contributed by atoms with E-state index in [-0.39, 0.29) is 11.8 Å². The van der Waals surface area contributed by atoms with Gasteiger partial charge in [-0.25, -0.2) is 5.48 Å². The fraction of sp³-hybridized carbons (Fsp3) is 0.263. The Bertz CT molecular complexity index is 717. The molecule has 25 heavy (non-hydrogen) atoms. The molecule has 2 aromatic rings. The molecule has 0 spiro atoms. The molecule has 0 fully saturated rings. The van der Waals surface area contributed by atoms with Gasteiger partial charge in [0, 0.05) is 5.69 Å². The molecule has 0 saturated heterocycles. The summed E-state index contributed by atoms with van der Waals surface area (Å²) in [4.78, 5) is 24.5. The highest BCUT2D eigenvalue weighted by Gasteiger charge is 2.23. The van der Waals surface area contributed by atoms with Crippen molar-refractivity contribution in [1.82, 2.24) is 10.8 Å². The first-order chi connectivity index (χ1) is 12.0. The number of benzene rings is 2. The van der Waals surface area contributed by atoms with Crippen molar-refractivity contribution in [1.29, 1.82) is 0 Å². The van der Waals surface area contributed by atoms with Crippen LogP contribution in [0.4, 0.5) is 11.4 Å². The fourth-order valence-electron chi connectivity index (χ4n) is 2.48. The van der Waals surface area contributed by atoms with Gasteiger partial charge in [-0.15, -0.1) is 0 Å². The minimum Gasteiger partial charge on any atom is -0.355 e. The lowest BCUT2D eigenvalue weighted by Crippen LogP contribution is -2.46. The van der Waals surface area contributed by atoms with E-state index >= 15 is 0 Å². The molecule has 0 heterocycles. The molecule has 2 rings (SSSR count). The molecule has 0 unspecified atom stereocenters. The molecule has 6 heteroatoms. The van der Waals surface area contributed by atoms with Crippen molar-refractivity contribution in [2.24, 2.45) is 5.92 Å². The Morgan fingerprint density at radius 2 is 1.64 bits per heavy atom. The topological polar surface area (TPSA) is 90.5 Å². The number of nitrogens with one attached hydrogen (secondary N) is 3. The highest BCUT2D eigenvalue weighted by molar-refractivity contribution is 6.02. The summed E-state index contributed by atoms with van der Waals surface area (Å²) in [5.74, 6) is -0.830. The maximum absolute atomic E-state index is 12.7. The molecule has 0 bridgehead atoms. The first-order valence-corrected chi connectivity index (χ1v) is 8.17. The van der Waals surface area contributed by atoms with Crippen LogP contribution >= 0.6 is 0 Å². The molecule has 4 N–H and O–H groups in total. The summed E-state index contributed by atoms with van der Waals surface area (Å²) >= 11 is 0. The Hall–Kier alpha value is -2.86. The van der Waals surface area contributed by atoms with Crippen LogP contribution in [0.5, 0.6) is 0 Å². The summed E-state index contributed by atoms with van der Waals surface area (Å²) in [6.07, 6.45) is 0.423. The second-order valence-electron chi connectivity index (χ2n) is 6.17. The standard InChI is InChI=1S/C19H23N3O3/c1-13(2)12-17(19(24)22-25)21-18(23)15-10-6-7-11-16(15)20-14-8-4-3-5-9-14/h3-11,13,17,20,25H,12H2,1-2H3,(H,21,23)(H,22,24)/t17-/m1/s1. The zero-order valence-electron chi connectivity index (χ0n) is 14.3. The Morgan fingerprint density at radius 1 is 1.00 bits per heavy atom. The van der Waals surface area contributed by atoms with Gasteiger partial charge >= 0.3 is 0 Å². The number of rotatable bonds is 7. The SMILES string of the molecule is CC(C)C[C@@H](NC(=O)c1ccccc1Nc1ccccc1)C(=O)NO. The van der Waals surface area contributed by atoms with Crippen LogP contribution in [0.15, 0.2) is 54.6 Å². The zero-order chi connectivity index (χ0) is 18.2. The van der Waals surface area contributed by atoms with E-state index in [9.17, 15) is 9.59 Å². The number of hydrogen-bond acceptors (Lipinski definition) is 4. The summed E-state index contributed by atoms with van der Waals surface area (Å²) in [5, 5.41) is 14.8. The summed E-state index contributed by atoms with van der Waals surface area (Å²) in [5.41, 5.74) is 3.53. The highest BCUT2D eigenvalue weighted by Crippen LogP contribution is 2.21. The van der Waals surface area contributed by atoms with Crippen LogP contribution in [-0.4, -0.2) is 23.1 Å². The summed E-state index contributed by atoms with van der Waals surface area (Å²) < 4.78 is 0. The Labute approximate surface area is 147 Å². The lowest BCUT2D eigenvalue weighted by molar-refractivity contribution is -0.131. The molecule has 132 valence electrons. The van der Waals surface area contributed by atoms with Crippen molar-refractivity contribution in [3.8, 4) is 0 Å². The van der Waals surface area contributed by atoms with Gasteiger partial charge in [-0.2, -0.15) is 0 Å². The van der Waals surface area contributed by atoms with E-state index in [1.165, 1.54) is 0 Å². The highest BCUT2D eigenvalue weighted by atomic mass is 16.5. The molecule has 0 saturated carbocycles. The van der Waals surface area contributed by atoms with Crippen LogP contribution in [-0.2, 0) is 4.79 Å². The van der Waals surface area contributed by atoms with E-state index in [4.69, 9.17) is 5.21 Å². The van der Waals surface area contributed by atoms with Crippen molar-refractivity contribution in [3.63, 3.8) is 0 Å². The predicted molar refractivity (Wildman–Crippen MR) is 96.8 cm³/mol. The minimum absolute atomic E-state index is 0.181. The van der Waals surface area contributed by atoms with E-state index in [1.807, 2.05) is 50.2 Å². The van der Waals surface area contributed by atoms with Gasteiger partial charge in [0.2, 0.25) is 0 Å². The molecule has 0 aliphatic rings. The smallest absolute Gasteiger partial charge is 0.265 e. The minimum atomic E-state index is -0.803. The first kappa shape index (κ1) is 18.5. The van der Waals surface area contributed by atoms with Gasteiger partial charge in [0.15, 0.2) is 0 Å². The van der Waals surface area contributed by atoms with Gasteiger partial charge in [-0.3, -0.25) is 14.8 Å². The number of hydroxylamine groups is 1. The number of para-hydroxylation sites is 2. The molecule has 0 aliphatic carbocycles. The third-order valence-electron chi connectivity index (χ3n) is 3.66. The van der Waals surface area contributed by atoms with E-state index in [0.717, 1.165) is 5.69 Å². The average Bonchev–Trinajstić information content (AvgIpc) is 2.61. The lowest BCUT2D eigenvalue weighted by atomic mass is 10.0. The van der Waals surface area contributed by atoms with Gasteiger partial charge in [0.05, 0.1) is 11.3 Å². The van der Waals surface area contributed by atoms with Gasteiger partial charge in [0.1, 0.15) is 6.04 Å². The van der Waals surface area contributed by atoms with Crippen LogP contribution in [0.25, 0.3) is 0 Å². The number of carbonyl (C=O) groups excluding carboxylic acids is 2. The molecule has 6 nitrogen and oxygen atoms in total. The van der Waals surface area contributed by atoms with Crippen LogP contribution in [0.2, 0.25) is 0 Å². The maximum atomic E-state index is 12.7. The quantitative estimate of drug-likeness (QED) is 0.460. The number of anilines is 2. The molecule has 0 aliphatic heterocycles. The molecular formula is C19H23N3O3. The van der Waals surface area contributed by atoms with Crippen LogP contribution in [0, 0.1) is 5.92 Å². The second-order valence-corrected chi connectivity index (χ2v) is 6.17. The van der Waals surface area contributed by atoms with Crippen LogP contribution in [0.1, 0.15) is 30.6 Å². The number of carbonyl (C=O) groups is 2. The third-order valence-corrected chi connectivity index (χ3v) is 3.66. The number of amides is 2. The molecule has 0 aromatic heterocycles. The van der Waals surface area contributed by atoms with Crippen molar-refractivity contribution < 1.29 is 14.8 Å². The van der Waals surface area contributed by atoms with Gasteiger partial charge in [-0.05, 0) is 36.6 Å². The van der Waals surface area contributed by atoms with E-state index in [2.05, 4.69) is 10.6 Å². The Morgan fingerprint density at radius 3 is 2.28 bits per heavy atom. The van der Waals surface area contributed by atoms with Crippen molar-refractivity contribution in [2.75, 3.05) is 5.32 Å². The average molecular weight is 341 g/mol. The van der Waals surface area contributed by atoms with Crippen molar-refractivity contribution in [2.45, 2.75) is 26.3 Å². The largest absolute Gasteiger partial charge is 0.355 e. The molecule has 1 atom stereocenters. The second kappa shape index (κ2) is 8.84. The lowest BCUT2D eigenvalue weighted by Gasteiger charge is -2.19. The maximum Gasteiger partial charge on any atom is 0.265 e. The molecule has 2 aromatic carbocycles. The van der Waals surface area contributed by atoms with Crippen LogP contribution < -0.4 is 16.1 Å². The van der Waals surface area contributed by atoms with Crippen molar-refractivity contribution >= 4 is 23.2 Å². The summed E-state index contributed by atoms with van der Waals surface area (Å²) in [7, 11) is 0. The van der Waals surface area contributed by atoms with E-state index in [0.29, 0.717) is 17.7 Å². The van der Waals surface area contributed by atoms with Gasteiger partial charge < -0.3 is 10.6 Å². The first-order valence-electron chi connectivity index (χ1n) is 8.17.